The van der Waals surface area contributed by atoms with Gasteiger partial charge >= 0.3 is 0 Å². The fourth-order valence-electron chi connectivity index (χ4n) is 3.24. The number of fused-ring (bicyclic) bond motifs is 1. The first-order chi connectivity index (χ1) is 10.1. The maximum atomic E-state index is 12.6. The number of carbonyl (C=O) groups excluding carboxylic acids is 1. The summed E-state index contributed by atoms with van der Waals surface area (Å²) >= 11 is 0. The molecule has 0 saturated heterocycles. The van der Waals surface area contributed by atoms with E-state index in [-0.39, 0.29) is 5.78 Å². The molecule has 1 unspecified atom stereocenters. The van der Waals surface area contributed by atoms with Crippen LogP contribution >= 0.6 is 0 Å². The van der Waals surface area contributed by atoms with Crippen molar-refractivity contribution in [2.75, 3.05) is 11.4 Å². The van der Waals surface area contributed by atoms with Crippen LogP contribution in [0.3, 0.4) is 0 Å². The van der Waals surface area contributed by atoms with Crippen LogP contribution in [0.4, 0.5) is 5.69 Å². The Kier molecular flexibility index (Phi) is 3.54. The van der Waals surface area contributed by atoms with Crippen LogP contribution in [0, 0.1) is 13.8 Å². The number of benzene rings is 2. The molecule has 0 fully saturated rings. The SMILES string of the molecule is Cc1ccc(C(=O)CN2c3ccccc3CC2C)c(C)c1. The predicted molar refractivity (Wildman–Crippen MR) is 87.2 cm³/mol. The van der Waals surface area contributed by atoms with Gasteiger partial charge in [-0.25, -0.2) is 0 Å². The average Bonchev–Trinajstić information content (AvgIpc) is 2.75. The highest BCUT2D eigenvalue weighted by Crippen LogP contribution is 2.31. The van der Waals surface area contributed by atoms with Gasteiger partial charge < -0.3 is 4.90 Å². The molecule has 3 rings (SSSR count). The van der Waals surface area contributed by atoms with E-state index in [4.69, 9.17) is 0 Å². The van der Waals surface area contributed by atoms with Gasteiger partial charge in [0.15, 0.2) is 5.78 Å². The molecule has 1 atom stereocenters. The average molecular weight is 279 g/mol. The summed E-state index contributed by atoms with van der Waals surface area (Å²) in [5.41, 5.74) is 5.67. The molecule has 0 spiro atoms. The normalized spacial score (nSPS) is 16.9. The van der Waals surface area contributed by atoms with E-state index in [9.17, 15) is 4.79 Å². The van der Waals surface area contributed by atoms with Gasteiger partial charge in [-0.05, 0) is 44.4 Å². The van der Waals surface area contributed by atoms with Crippen molar-refractivity contribution in [3.63, 3.8) is 0 Å². The van der Waals surface area contributed by atoms with Crippen molar-refractivity contribution in [1.29, 1.82) is 0 Å². The van der Waals surface area contributed by atoms with Crippen LogP contribution in [-0.4, -0.2) is 18.4 Å². The van der Waals surface area contributed by atoms with Gasteiger partial charge in [-0.15, -0.1) is 0 Å². The highest BCUT2D eigenvalue weighted by atomic mass is 16.1. The molecular formula is C19H21NO. The molecule has 0 aliphatic carbocycles. The molecule has 2 aromatic rings. The number of para-hydroxylation sites is 1. The molecule has 1 aliphatic rings. The first-order valence-electron chi connectivity index (χ1n) is 7.51. The summed E-state index contributed by atoms with van der Waals surface area (Å²) in [5, 5.41) is 0. The smallest absolute Gasteiger partial charge is 0.182 e. The zero-order valence-corrected chi connectivity index (χ0v) is 12.9. The van der Waals surface area contributed by atoms with Gasteiger partial charge in [-0.2, -0.15) is 0 Å². The van der Waals surface area contributed by atoms with Crippen molar-refractivity contribution in [1.82, 2.24) is 0 Å². The number of hydrogen-bond acceptors (Lipinski definition) is 2. The molecule has 108 valence electrons. The fourth-order valence-corrected chi connectivity index (χ4v) is 3.24. The molecule has 0 radical (unpaired) electrons. The van der Waals surface area contributed by atoms with Crippen molar-refractivity contribution < 1.29 is 4.79 Å². The number of ketones is 1. The van der Waals surface area contributed by atoms with Crippen LogP contribution in [0.2, 0.25) is 0 Å². The third-order valence-corrected chi connectivity index (χ3v) is 4.34. The lowest BCUT2D eigenvalue weighted by atomic mass is 10.0. The Morgan fingerprint density at radius 1 is 1.19 bits per heavy atom. The molecule has 1 aliphatic heterocycles. The number of hydrogen-bond donors (Lipinski definition) is 0. The Morgan fingerprint density at radius 2 is 1.95 bits per heavy atom. The molecule has 0 bridgehead atoms. The van der Waals surface area contributed by atoms with E-state index >= 15 is 0 Å². The standard InChI is InChI=1S/C19H21NO/c1-13-8-9-17(14(2)10-13)19(21)12-20-15(3)11-16-6-4-5-7-18(16)20/h4-10,15H,11-12H2,1-3H3. The summed E-state index contributed by atoms with van der Waals surface area (Å²) < 4.78 is 0. The molecule has 0 aromatic heterocycles. The predicted octanol–water partition coefficient (Wildman–Crippen LogP) is 3.94. The Bertz CT molecular complexity index is 690. The lowest BCUT2D eigenvalue weighted by Crippen LogP contribution is -2.34. The minimum atomic E-state index is 0.205. The summed E-state index contributed by atoms with van der Waals surface area (Å²) in [4.78, 5) is 14.9. The molecule has 0 N–H and O–H groups in total. The molecule has 0 amide bonds. The van der Waals surface area contributed by atoms with Gasteiger partial charge in [0.05, 0.1) is 6.54 Å². The number of Topliss-reactive ketones (excluding diaryl/α,β-unsaturated/α-hetero) is 1. The van der Waals surface area contributed by atoms with Crippen LogP contribution in [-0.2, 0) is 6.42 Å². The van der Waals surface area contributed by atoms with E-state index in [1.165, 1.54) is 16.8 Å². The third kappa shape index (κ3) is 2.58. The van der Waals surface area contributed by atoms with Crippen molar-refractivity contribution in [3.8, 4) is 0 Å². The summed E-state index contributed by atoms with van der Waals surface area (Å²) in [5.74, 6) is 0.205. The maximum absolute atomic E-state index is 12.6. The number of anilines is 1. The van der Waals surface area contributed by atoms with Gasteiger partial charge in [-0.3, -0.25) is 4.79 Å². The Hall–Kier alpha value is -2.09. The Balaban J connectivity index is 1.85. The number of aryl methyl sites for hydroxylation is 2. The highest BCUT2D eigenvalue weighted by molar-refractivity contribution is 6.00. The third-order valence-electron chi connectivity index (χ3n) is 4.34. The molecule has 0 saturated carbocycles. The molecule has 2 nitrogen and oxygen atoms in total. The van der Waals surface area contributed by atoms with E-state index in [1.807, 2.05) is 25.1 Å². The van der Waals surface area contributed by atoms with E-state index in [1.54, 1.807) is 0 Å². The molecule has 1 heterocycles. The number of rotatable bonds is 3. The van der Waals surface area contributed by atoms with Gasteiger partial charge in [0.1, 0.15) is 0 Å². The van der Waals surface area contributed by atoms with Crippen LogP contribution in [0.25, 0.3) is 0 Å². The van der Waals surface area contributed by atoms with Crippen LogP contribution in [0.15, 0.2) is 42.5 Å². The quantitative estimate of drug-likeness (QED) is 0.793. The van der Waals surface area contributed by atoms with Gasteiger partial charge in [0, 0.05) is 17.3 Å². The van der Waals surface area contributed by atoms with Crippen molar-refractivity contribution in [3.05, 3.63) is 64.7 Å². The van der Waals surface area contributed by atoms with Gasteiger partial charge in [-0.1, -0.05) is 42.0 Å². The van der Waals surface area contributed by atoms with E-state index in [2.05, 4.69) is 43.0 Å². The second-order valence-electron chi connectivity index (χ2n) is 6.05. The fraction of sp³-hybridized carbons (Fsp3) is 0.316. The zero-order chi connectivity index (χ0) is 15.0. The molecule has 21 heavy (non-hydrogen) atoms. The highest BCUT2D eigenvalue weighted by Gasteiger charge is 2.27. The topological polar surface area (TPSA) is 20.3 Å². The minimum Gasteiger partial charge on any atom is -0.361 e. The first kappa shape index (κ1) is 13.9. The molecular weight excluding hydrogens is 258 g/mol. The maximum Gasteiger partial charge on any atom is 0.182 e. The van der Waals surface area contributed by atoms with Crippen LogP contribution in [0.5, 0.6) is 0 Å². The Morgan fingerprint density at radius 3 is 2.71 bits per heavy atom. The van der Waals surface area contributed by atoms with E-state index < -0.39 is 0 Å². The zero-order valence-electron chi connectivity index (χ0n) is 12.9. The Labute approximate surface area is 126 Å². The van der Waals surface area contributed by atoms with Crippen LogP contribution in [0.1, 0.15) is 34.0 Å². The van der Waals surface area contributed by atoms with Gasteiger partial charge in [0.25, 0.3) is 0 Å². The number of carbonyl (C=O) groups is 1. The first-order valence-corrected chi connectivity index (χ1v) is 7.51. The van der Waals surface area contributed by atoms with Crippen LogP contribution < -0.4 is 4.90 Å². The summed E-state index contributed by atoms with van der Waals surface area (Å²) in [6, 6.07) is 14.8. The summed E-state index contributed by atoms with van der Waals surface area (Å²) in [6.45, 7) is 6.72. The van der Waals surface area contributed by atoms with Crippen molar-refractivity contribution >= 4 is 11.5 Å². The van der Waals surface area contributed by atoms with Crippen molar-refractivity contribution in [2.45, 2.75) is 33.2 Å². The summed E-state index contributed by atoms with van der Waals surface area (Å²) in [7, 11) is 0. The lowest BCUT2D eigenvalue weighted by Gasteiger charge is -2.24. The largest absolute Gasteiger partial charge is 0.361 e. The molecule has 2 heteroatoms. The second kappa shape index (κ2) is 5.36. The van der Waals surface area contributed by atoms with Gasteiger partial charge in [0.2, 0.25) is 0 Å². The summed E-state index contributed by atoms with van der Waals surface area (Å²) in [6.07, 6.45) is 1.02. The minimum absolute atomic E-state index is 0.205. The van der Waals surface area contributed by atoms with E-state index in [0.29, 0.717) is 12.6 Å². The lowest BCUT2D eigenvalue weighted by molar-refractivity contribution is 0.0997. The molecule has 2 aromatic carbocycles. The van der Waals surface area contributed by atoms with E-state index in [0.717, 1.165) is 17.5 Å². The van der Waals surface area contributed by atoms with Crippen molar-refractivity contribution in [2.24, 2.45) is 0 Å². The monoisotopic (exact) mass is 279 g/mol. The number of nitrogens with zero attached hydrogens (tertiary/aromatic N) is 1. The second-order valence-corrected chi connectivity index (χ2v) is 6.05.